The van der Waals surface area contributed by atoms with E-state index in [0.29, 0.717) is 19.4 Å². The number of nitrogens with two attached hydrogens (primary N) is 1. The molecule has 0 aliphatic rings. The third-order valence-corrected chi connectivity index (χ3v) is 4.77. The van der Waals surface area contributed by atoms with Crippen LogP contribution in [0, 0.1) is 0 Å². The van der Waals surface area contributed by atoms with Crippen LogP contribution in [-0.4, -0.2) is 24.6 Å². The molecule has 4 N–H and O–H groups in total. The fourth-order valence-electron chi connectivity index (χ4n) is 2.57. The number of hydrogen-bond donors (Lipinski definition) is 3. The number of benzene rings is 2. The van der Waals surface area contributed by atoms with Crippen LogP contribution in [0.1, 0.15) is 36.9 Å². The molecule has 0 heterocycles. The van der Waals surface area contributed by atoms with Gasteiger partial charge in [0.25, 0.3) is 0 Å². The topological polar surface area (TPSA) is 93.5 Å². The summed E-state index contributed by atoms with van der Waals surface area (Å²) in [7, 11) is 0. The number of hydrogen-bond acceptors (Lipinski definition) is 4. The number of nitrogens with one attached hydrogen (secondary N) is 2. The lowest BCUT2D eigenvalue weighted by atomic mass is 10.1. The van der Waals surface area contributed by atoms with E-state index in [0.717, 1.165) is 15.6 Å². The Morgan fingerprint density at radius 3 is 2.41 bits per heavy atom. The molecule has 0 aromatic heterocycles. The van der Waals surface area contributed by atoms with Crippen molar-refractivity contribution in [2.45, 2.75) is 38.5 Å². The molecule has 2 amide bonds. The van der Waals surface area contributed by atoms with Gasteiger partial charge in [-0.15, -0.1) is 12.4 Å². The fraction of sp³-hybridized carbons (Fsp3) is 0.333. The van der Waals surface area contributed by atoms with Crippen LogP contribution in [0.2, 0.25) is 0 Å². The average molecular weight is 485 g/mol. The van der Waals surface area contributed by atoms with Crippen LogP contribution >= 0.6 is 28.3 Å². The van der Waals surface area contributed by atoms with E-state index in [4.69, 9.17) is 10.5 Å². The first kappa shape index (κ1) is 24.9. The SMILES string of the molecule is C[C@@H](NC(=O)[C@H](N)CCCNC(=O)OCc1ccccc1)c1ccc(Br)cc1.Cl. The normalized spacial score (nSPS) is 12.2. The van der Waals surface area contributed by atoms with E-state index in [1.807, 2.05) is 61.5 Å². The Kier molecular flexibility index (Phi) is 11.3. The van der Waals surface area contributed by atoms with Gasteiger partial charge in [-0.1, -0.05) is 58.4 Å². The van der Waals surface area contributed by atoms with E-state index < -0.39 is 12.1 Å². The lowest BCUT2D eigenvalue weighted by molar-refractivity contribution is -0.123. The summed E-state index contributed by atoms with van der Waals surface area (Å²) in [5.74, 6) is -0.206. The second-order valence-electron chi connectivity index (χ2n) is 6.52. The van der Waals surface area contributed by atoms with Gasteiger partial charge in [-0.3, -0.25) is 4.79 Å². The number of carbonyl (C=O) groups is 2. The van der Waals surface area contributed by atoms with Gasteiger partial charge in [-0.05, 0) is 43.0 Å². The number of ether oxygens (including phenoxy) is 1. The van der Waals surface area contributed by atoms with Crippen LogP contribution in [0.3, 0.4) is 0 Å². The van der Waals surface area contributed by atoms with Gasteiger partial charge in [0.1, 0.15) is 6.61 Å². The van der Waals surface area contributed by atoms with Gasteiger partial charge >= 0.3 is 6.09 Å². The predicted molar refractivity (Wildman–Crippen MR) is 120 cm³/mol. The van der Waals surface area contributed by atoms with Crippen molar-refractivity contribution in [3.05, 3.63) is 70.2 Å². The third kappa shape index (κ3) is 9.30. The van der Waals surface area contributed by atoms with Crippen LogP contribution in [0.25, 0.3) is 0 Å². The summed E-state index contributed by atoms with van der Waals surface area (Å²) in [6, 6.07) is 16.5. The molecule has 0 unspecified atom stereocenters. The van der Waals surface area contributed by atoms with E-state index in [-0.39, 0.29) is 31.0 Å². The quantitative estimate of drug-likeness (QED) is 0.468. The maximum Gasteiger partial charge on any atom is 0.407 e. The van der Waals surface area contributed by atoms with Crippen LogP contribution in [-0.2, 0) is 16.1 Å². The molecular weight excluding hydrogens is 458 g/mol. The predicted octanol–water partition coefficient (Wildman–Crippen LogP) is 4.08. The minimum atomic E-state index is -0.625. The Morgan fingerprint density at radius 2 is 1.76 bits per heavy atom. The zero-order valence-corrected chi connectivity index (χ0v) is 18.7. The van der Waals surface area contributed by atoms with Crippen molar-refractivity contribution in [2.75, 3.05) is 6.54 Å². The first-order valence-corrected chi connectivity index (χ1v) is 10.0. The van der Waals surface area contributed by atoms with Crippen molar-refractivity contribution < 1.29 is 14.3 Å². The standard InChI is InChI=1S/C21H26BrN3O3.ClH/c1-15(17-9-11-18(22)12-10-17)25-20(26)19(23)8-5-13-24-21(27)28-14-16-6-3-2-4-7-16;/h2-4,6-7,9-12,15,19H,5,8,13-14,23H2,1H3,(H,24,27)(H,25,26);1H/t15-,19-;/m1./s1. The van der Waals surface area contributed by atoms with Crippen molar-refractivity contribution in [3.8, 4) is 0 Å². The summed E-state index contributed by atoms with van der Waals surface area (Å²) in [6.45, 7) is 2.54. The zero-order valence-electron chi connectivity index (χ0n) is 16.3. The van der Waals surface area contributed by atoms with E-state index in [1.54, 1.807) is 0 Å². The average Bonchev–Trinajstić information content (AvgIpc) is 2.70. The number of rotatable bonds is 9. The fourth-order valence-corrected chi connectivity index (χ4v) is 2.84. The number of carbonyl (C=O) groups excluding carboxylic acids is 2. The Hall–Kier alpha value is -2.09. The largest absolute Gasteiger partial charge is 0.445 e. The highest BCUT2D eigenvalue weighted by atomic mass is 79.9. The molecular formula is C21H27BrClN3O3. The van der Waals surface area contributed by atoms with E-state index >= 15 is 0 Å². The molecule has 0 bridgehead atoms. The Bertz CT molecular complexity index is 760. The summed E-state index contributed by atoms with van der Waals surface area (Å²) in [6.07, 6.45) is 0.574. The van der Waals surface area contributed by atoms with Crippen molar-refractivity contribution in [1.29, 1.82) is 0 Å². The molecule has 0 aliphatic carbocycles. The monoisotopic (exact) mass is 483 g/mol. The Balaban J connectivity index is 0.00000420. The highest BCUT2D eigenvalue weighted by Gasteiger charge is 2.16. The van der Waals surface area contributed by atoms with Gasteiger partial charge in [-0.2, -0.15) is 0 Å². The van der Waals surface area contributed by atoms with Crippen molar-refractivity contribution in [1.82, 2.24) is 10.6 Å². The second-order valence-corrected chi connectivity index (χ2v) is 7.43. The third-order valence-electron chi connectivity index (χ3n) is 4.24. The van der Waals surface area contributed by atoms with Crippen molar-refractivity contribution >= 4 is 40.3 Å². The molecule has 0 saturated heterocycles. The molecule has 2 rings (SSSR count). The smallest absolute Gasteiger partial charge is 0.407 e. The number of amides is 2. The first-order valence-electron chi connectivity index (χ1n) is 9.21. The number of alkyl carbamates (subject to hydrolysis) is 1. The van der Waals surface area contributed by atoms with E-state index in [1.165, 1.54) is 0 Å². The van der Waals surface area contributed by atoms with Crippen LogP contribution in [0.4, 0.5) is 4.79 Å². The highest BCUT2D eigenvalue weighted by molar-refractivity contribution is 9.10. The highest BCUT2D eigenvalue weighted by Crippen LogP contribution is 2.16. The van der Waals surface area contributed by atoms with Gasteiger partial charge in [0.2, 0.25) is 5.91 Å². The van der Waals surface area contributed by atoms with E-state index in [9.17, 15) is 9.59 Å². The molecule has 158 valence electrons. The maximum absolute atomic E-state index is 12.2. The van der Waals surface area contributed by atoms with Crippen LogP contribution < -0.4 is 16.4 Å². The van der Waals surface area contributed by atoms with Crippen LogP contribution in [0.5, 0.6) is 0 Å². The summed E-state index contributed by atoms with van der Waals surface area (Å²) in [4.78, 5) is 23.9. The zero-order chi connectivity index (χ0) is 20.4. The van der Waals surface area contributed by atoms with Crippen molar-refractivity contribution in [3.63, 3.8) is 0 Å². The summed E-state index contributed by atoms with van der Waals surface area (Å²) < 4.78 is 6.12. The van der Waals surface area contributed by atoms with Crippen molar-refractivity contribution in [2.24, 2.45) is 5.73 Å². The molecule has 2 atom stereocenters. The molecule has 6 nitrogen and oxygen atoms in total. The molecule has 0 radical (unpaired) electrons. The Labute approximate surface area is 186 Å². The molecule has 0 aliphatic heterocycles. The van der Waals surface area contributed by atoms with E-state index in [2.05, 4.69) is 26.6 Å². The molecule has 0 saturated carbocycles. The Morgan fingerprint density at radius 1 is 1.10 bits per heavy atom. The lowest BCUT2D eigenvalue weighted by Gasteiger charge is -2.18. The van der Waals surface area contributed by atoms with Gasteiger partial charge in [-0.25, -0.2) is 4.79 Å². The number of halogens is 2. The summed E-state index contributed by atoms with van der Waals surface area (Å²) in [5.41, 5.74) is 7.89. The molecule has 0 spiro atoms. The summed E-state index contributed by atoms with van der Waals surface area (Å²) >= 11 is 3.39. The minimum Gasteiger partial charge on any atom is -0.445 e. The molecule has 2 aromatic carbocycles. The second kappa shape index (κ2) is 13.2. The molecule has 29 heavy (non-hydrogen) atoms. The molecule has 2 aromatic rings. The van der Waals surface area contributed by atoms with Gasteiger partial charge in [0.05, 0.1) is 12.1 Å². The van der Waals surface area contributed by atoms with Crippen LogP contribution in [0.15, 0.2) is 59.1 Å². The van der Waals surface area contributed by atoms with Gasteiger partial charge in [0, 0.05) is 11.0 Å². The molecule has 0 fully saturated rings. The van der Waals surface area contributed by atoms with Gasteiger partial charge in [0.15, 0.2) is 0 Å². The molecule has 8 heteroatoms. The van der Waals surface area contributed by atoms with Gasteiger partial charge < -0.3 is 21.1 Å². The minimum absolute atomic E-state index is 0. The lowest BCUT2D eigenvalue weighted by Crippen LogP contribution is -2.42. The first-order chi connectivity index (χ1) is 13.5. The maximum atomic E-state index is 12.2. The summed E-state index contributed by atoms with van der Waals surface area (Å²) in [5, 5.41) is 5.58.